The van der Waals surface area contributed by atoms with Crippen LogP contribution in [0.15, 0.2) is 83.9 Å². The van der Waals surface area contributed by atoms with Crippen LogP contribution in [0.4, 0.5) is 4.79 Å². The molecule has 2 N–H and O–H groups in total. The van der Waals surface area contributed by atoms with Crippen molar-refractivity contribution in [2.45, 2.75) is 58.3 Å². The lowest BCUT2D eigenvalue weighted by Gasteiger charge is -2.38. The standard InChI is InChI=1S/C35H40N4O6/c1-3-35(33(41)36-18-19-37-34(42)44-23-26-12-8-5-9-13-26)16-14-27(15-17-35)45-31-20-28-29(21-30(31)43-2)38-24-39(32(28)40)22-25-10-6-4-7-11-25/h4-13,20-21,24,27H,3,14-19,22-23H2,1-2H3,(H,36,41)(H,37,42)/t27-,35+. The first-order valence-electron chi connectivity index (χ1n) is 15.4. The van der Waals surface area contributed by atoms with E-state index in [1.165, 1.54) is 0 Å². The van der Waals surface area contributed by atoms with Crippen molar-refractivity contribution in [3.63, 3.8) is 0 Å². The van der Waals surface area contributed by atoms with Crippen LogP contribution in [0.5, 0.6) is 11.5 Å². The van der Waals surface area contributed by atoms with Crippen LogP contribution in [0.25, 0.3) is 10.9 Å². The monoisotopic (exact) mass is 612 g/mol. The number of benzene rings is 3. The maximum Gasteiger partial charge on any atom is 0.407 e. The SMILES string of the molecule is CC[C@]1(C(=O)NCCNC(=O)OCc2ccccc2)CC[C@@H](Oc2cc3c(=O)n(Cc4ccccc4)cnc3cc2OC)CC1. The number of hydrogen-bond donors (Lipinski definition) is 2. The number of amides is 2. The van der Waals surface area contributed by atoms with Crippen molar-refractivity contribution in [3.8, 4) is 11.5 Å². The number of carbonyl (C=O) groups is 2. The van der Waals surface area contributed by atoms with E-state index in [1.54, 1.807) is 30.1 Å². The molecule has 0 bridgehead atoms. The number of ether oxygens (including phenoxy) is 3. The quantitative estimate of drug-likeness (QED) is 0.211. The Balaban J connectivity index is 1.15. The summed E-state index contributed by atoms with van der Waals surface area (Å²) in [6, 6.07) is 22.7. The molecule has 10 heteroatoms. The van der Waals surface area contributed by atoms with Crippen molar-refractivity contribution in [3.05, 3.63) is 101 Å². The number of nitrogens with one attached hydrogen (secondary N) is 2. The third-order valence-corrected chi connectivity index (χ3v) is 8.54. The molecule has 45 heavy (non-hydrogen) atoms. The van der Waals surface area contributed by atoms with Gasteiger partial charge in [0.1, 0.15) is 6.61 Å². The van der Waals surface area contributed by atoms with Gasteiger partial charge in [0.25, 0.3) is 5.56 Å². The molecule has 0 aliphatic heterocycles. The highest BCUT2D eigenvalue weighted by Crippen LogP contribution is 2.42. The number of nitrogens with zero attached hydrogens (tertiary/aromatic N) is 2. The van der Waals surface area contributed by atoms with Crippen LogP contribution in [0.2, 0.25) is 0 Å². The van der Waals surface area contributed by atoms with Gasteiger partial charge in [-0.25, -0.2) is 9.78 Å². The van der Waals surface area contributed by atoms with Crippen LogP contribution >= 0.6 is 0 Å². The fourth-order valence-corrected chi connectivity index (χ4v) is 5.80. The summed E-state index contributed by atoms with van der Waals surface area (Å²) in [5.74, 6) is 0.983. The summed E-state index contributed by atoms with van der Waals surface area (Å²) >= 11 is 0. The maximum absolute atomic E-state index is 13.4. The first kappa shape index (κ1) is 31.6. The minimum atomic E-state index is -0.522. The number of methoxy groups -OCH3 is 1. The topological polar surface area (TPSA) is 121 Å². The fraction of sp³-hybridized carbons (Fsp3) is 0.371. The molecule has 3 aromatic carbocycles. The molecular weight excluding hydrogens is 572 g/mol. The molecule has 1 aliphatic rings. The number of rotatable bonds is 12. The zero-order valence-corrected chi connectivity index (χ0v) is 25.8. The van der Waals surface area contributed by atoms with Crippen LogP contribution in [-0.4, -0.2) is 47.9 Å². The second-order valence-corrected chi connectivity index (χ2v) is 11.4. The molecule has 0 unspecified atom stereocenters. The highest BCUT2D eigenvalue weighted by Gasteiger charge is 2.40. The molecule has 0 radical (unpaired) electrons. The van der Waals surface area contributed by atoms with Crippen LogP contribution in [0, 0.1) is 5.41 Å². The molecule has 1 heterocycles. The Morgan fingerprint density at radius 1 is 0.933 bits per heavy atom. The van der Waals surface area contributed by atoms with Crippen molar-refractivity contribution >= 4 is 22.9 Å². The average Bonchev–Trinajstić information content (AvgIpc) is 3.08. The first-order valence-corrected chi connectivity index (χ1v) is 15.4. The molecule has 2 amide bonds. The molecule has 1 aromatic heterocycles. The summed E-state index contributed by atoms with van der Waals surface area (Å²) in [6.07, 6.45) is 4.28. The van der Waals surface area contributed by atoms with Gasteiger partial charge in [-0.3, -0.25) is 14.2 Å². The van der Waals surface area contributed by atoms with Crippen molar-refractivity contribution in [1.29, 1.82) is 0 Å². The van der Waals surface area contributed by atoms with Gasteiger partial charge in [0.05, 0.1) is 37.0 Å². The summed E-state index contributed by atoms with van der Waals surface area (Å²) in [5, 5.41) is 6.13. The summed E-state index contributed by atoms with van der Waals surface area (Å²) in [4.78, 5) is 43.1. The highest BCUT2D eigenvalue weighted by molar-refractivity contribution is 5.83. The minimum absolute atomic E-state index is 0.0174. The average molecular weight is 613 g/mol. The zero-order chi connectivity index (χ0) is 31.6. The van der Waals surface area contributed by atoms with Gasteiger partial charge in [0, 0.05) is 24.6 Å². The first-order chi connectivity index (χ1) is 21.9. The van der Waals surface area contributed by atoms with Gasteiger partial charge < -0.3 is 24.8 Å². The lowest BCUT2D eigenvalue weighted by Crippen LogP contribution is -2.46. The van der Waals surface area contributed by atoms with Gasteiger partial charge in [0.15, 0.2) is 11.5 Å². The molecule has 4 aromatic rings. The van der Waals surface area contributed by atoms with Gasteiger partial charge >= 0.3 is 6.09 Å². The molecule has 0 saturated heterocycles. The van der Waals surface area contributed by atoms with E-state index < -0.39 is 11.5 Å². The number of alkyl carbamates (subject to hydrolysis) is 1. The van der Waals surface area contributed by atoms with Crippen LogP contribution in [-0.2, 0) is 22.7 Å². The summed E-state index contributed by atoms with van der Waals surface area (Å²) in [5.41, 5.74) is 1.80. The number of aromatic nitrogens is 2. The van der Waals surface area contributed by atoms with Crippen LogP contribution in [0.1, 0.15) is 50.2 Å². The Kier molecular flexibility index (Phi) is 10.3. The lowest BCUT2D eigenvalue weighted by atomic mass is 9.70. The molecule has 1 aliphatic carbocycles. The summed E-state index contributed by atoms with van der Waals surface area (Å²) in [7, 11) is 1.57. The Morgan fingerprint density at radius 2 is 1.60 bits per heavy atom. The third kappa shape index (κ3) is 7.81. The second kappa shape index (κ2) is 14.7. The third-order valence-electron chi connectivity index (χ3n) is 8.54. The molecule has 5 rings (SSSR count). The Bertz CT molecular complexity index is 1650. The molecule has 0 atom stereocenters. The van der Waals surface area contributed by atoms with E-state index in [9.17, 15) is 14.4 Å². The predicted octanol–water partition coefficient (Wildman–Crippen LogP) is 5.21. The Hall–Kier alpha value is -4.86. The molecule has 1 fully saturated rings. The van der Waals surface area contributed by atoms with Crippen LogP contribution in [0.3, 0.4) is 0 Å². The smallest absolute Gasteiger partial charge is 0.407 e. The van der Waals surface area contributed by atoms with Gasteiger partial charge in [-0.15, -0.1) is 0 Å². The van der Waals surface area contributed by atoms with Crippen molar-refractivity contribution in [2.75, 3.05) is 20.2 Å². The van der Waals surface area contributed by atoms with Gasteiger partial charge in [-0.2, -0.15) is 0 Å². The number of fused-ring (bicyclic) bond motifs is 1. The summed E-state index contributed by atoms with van der Waals surface area (Å²) < 4.78 is 18.8. The van der Waals surface area contributed by atoms with E-state index in [2.05, 4.69) is 15.6 Å². The van der Waals surface area contributed by atoms with E-state index in [1.807, 2.05) is 67.6 Å². The van der Waals surface area contributed by atoms with Gasteiger partial charge in [0.2, 0.25) is 5.91 Å². The fourth-order valence-electron chi connectivity index (χ4n) is 5.80. The normalized spacial score (nSPS) is 17.8. The van der Waals surface area contributed by atoms with Gasteiger partial charge in [-0.1, -0.05) is 67.6 Å². The van der Waals surface area contributed by atoms with Crippen molar-refractivity contribution < 1.29 is 23.8 Å². The molecule has 10 nitrogen and oxygen atoms in total. The van der Waals surface area contributed by atoms with E-state index in [-0.39, 0.29) is 30.7 Å². The maximum atomic E-state index is 13.4. The molecule has 1 saturated carbocycles. The summed E-state index contributed by atoms with van der Waals surface area (Å²) in [6.45, 7) is 3.22. The molecule has 236 valence electrons. The predicted molar refractivity (Wildman–Crippen MR) is 171 cm³/mol. The lowest BCUT2D eigenvalue weighted by molar-refractivity contribution is -0.134. The highest BCUT2D eigenvalue weighted by atomic mass is 16.5. The van der Waals surface area contributed by atoms with E-state index in [4.69, 9.17) is 14.2 Å². The second-order valence-electron chi connectivity index (χ2n) is 11.4. The molecule has 0 spiro atoms. The van der Waals surface area contributed by atoms with Crippen molar-refractivity contribution in [2.24, 2.45) is 5.41 Å². The van der Waals surface area contributed by atoms with E-state index in [0.717, 1.165) is 11.1 Å². The zero-order valence-electron chi connectivity index (χ0n) is 25.8. The van der Waals surface area contributed by atoms with Gasteiger partial charge in [-0.05, 0) is 49.3 Å². The number of hydrogen-bond acceptors (Lipinski definition) is 7. The van der Waals surface area contributed by atoms with E-state index in [0.29, 0.717) is 67.6 Å². The largest absolute Gasteiger partial charge is 0.493 e. The number of carbonyl (C=O) groups excluding carboxylic acids is 2. The minimum Gasteiger partial charge on any atom is -0.493 e. The Labute approximate surface area is 262 Å². The van der Waals surface area contributed by atoms with Crippen molar-refractivity contribution in [1.82, 2.24) is 20.2 Å². The van der Waals surface area contributed by atoms with E-state index >= 15 is 0 Å². The van der Waals surface area contributed by atoms with Crippen LogP contribution < -0.4 is 25.7 Å². The Morgan fingerprint density at radius 3 is 2.27 bits per heavy atom. The molecular formula is C35H40N4O6.